The van der Waals surface area contributed by atoms with Crippen LogP contribution in [0.3, 0.4) is 0 Å². The van der Waals surface area contributed by atoms with Crippen LogP contribution >= 0.6 is 0 Å². The van der Waals surface area contributed by atoms with E-state index in [1.54, 1.807) is 0 Å². The van der Waals surface area contributed by atoms with E-state index < -0.39 is 0 Å². The van der Waals surface area contributed by atoms with E-state index in [4.69, 9.17) is 4.74 Å². The molecule has 1 heterocycles. The van der Waals surface area contributed by atoms with Crippen LogP contribution in [0.5, 0.6) is 0 Å². The van der Waals surface area contributed by atoms with E-state index in [1.807, 2.05) is 0 Å². The lowest BCUT2D eigenvalue weighted by molar-refractivity contribution is 0.0766. The lowest BCUT2D eigenvalue weighted by atomic mass is 10.1. The molecule has 1 saturated heterocycles. The van der Waals surface area contributed by atoms with Crippen molar-refractivity contribution in [2.24, 2.45) is 0 Å². The molecule has 0 radical (unpaired) electrons. The van der Waals surface area contributed by atoms with Crippen LogP contribution in [0.25, 0.3) is 0 Å². The average Bonchev–Trinajstić information content (AvgIpc) is 3.18. The Morgan fingerprint density at radius 3 is 2.94 bits per heavy atom. The van der Waals surface area contributed by atoms with Crippen molar-refractivity contribution in [3.05, 3.63) is 35.9 Å². The molecule has 1 saturated carbocycles. The van der Waals surface area contributed by atoms with E-state index in [1.165, 1.54) is 12.0 Å². The van der Waals surface area contributed by atoms with Crippen LogP contribution in [0.4, 0.5) is 0 Å². The molecule has 3 atom stereocenters. The largest absolute Gasteiger partial charge is 0.378 e. The summed E-state index contributed by atoms with van der Waals surface area (Å²) in [6.07, 6.45) is 1.28. The number of morpholine rings is 1. The van der Waals surface area contributed by atoms with Crippen molar-refractivity contribution in [2.75, 3.05) is 26.3 Å². The predicted molar refractivity (Wildman–Crippen MR) is 68.2 cm³/mol. The third kappa shape index (κ3) is 2.86. The van der Waals surface area contributed by atoms with Gasteiger partial charge in [-0.3, -0.25) is 0 Å². The standard InChI is InChI=1S/C14H20N2O/c1-2-4-11(5-3-1)13-8-14(13)16-9-12-10-17-7-6-15-12/h1-5,12-16H,6-10H2. The third-order valence-electron chi connectivity index (χ3n) is 3.64. The van der Waals surface area contributed by atoms with Gasteiger partial charge in [0.25, 0.3) is 0 Å². The summed E-state index contributed by atoms with van der Waals surface area (Å²) in [4.78, 5) is 0. The Bertz CT molecular complexity index is 348. The highest BCUT2D eigenvalue weighted by Gasteiger charge is 2.37. The normalized spacial score (nSPS) is 32.4. The van der Waals surface area contributed by atoms with Gasteiger partial charge in [-0.1, -0.05) is 30.3 Å². The number of nitrogens with one attached hydrogen (secondary N) is 2. The van der Waals surface area contributed by atoms with Crippen LogP contribution in [0.2, 0.25) is 0 Å². The first kappa shape index (κ1) is 11.2. The highest BCUT2D eigenvalue weighted by atomic mass is 16.5. The van der Waals surface area contributed by atoms with E-state index in [2.05, 4.69) is 41.0 Å². The Morgan fingerprint density at radius 2 is 2.18 bits per heavy atom. The molecule has 1 aromatic rings. The molecule has 2 N–H and O–H groups in total. The van der Waals surface area contributed by atoms with Crippen LogP contribution in [-0.4, -0.2) is 38.4 Å². The minimum atomic E-state index is 0.487. The molecule has 0 amide bonds. The van der Waals surface area contributed by atoms with Gasteiger partial charge in [0.2, 0.25) is 0 Å². The van der Waals surface area contributed by atoms with Gasteiger partial charge in [-0.05, 0) is 12.0 Å². The van der Waals surface area contributed by atoms with Crippen LogP contribution < -0.4 is 10.6 Å². The fourth-order valence-corrected chi connectivity index (χ4v) is 2.53. The summed E-state index contributed by atoms with van der Waals surface area (Å²) in [5, 5.41) is 7.10. The number of rotatable bonds is 4. The van der Waals surface area contributed by atoms with E-state index in [-0.39, 0.29) is 0 Å². The molecule has 92 valence electrons. The molecule has 1 aliphatic heterocycles. The van der Waals surface area contributed by atoms with Crippen LogP contribution in [0.1, 0.15) is 17.9 Å². The lowest BCUT2D eigenvalue weighted by Gasteiger charge is -2.24. The molecule has 3 rings (SSSR count). The van der Waals surface area contributed by atoms with E-state index in [0.717, 1.165) is 32.2 Å². The zero-order valence-electron chi connectivity index (χ0n) is 10.1. The van der Waals surface area contributed by atoms with Crippen molar-refractivity contribution in [1.82, 2.24) is 10.6 Å². The molecule has 0 bridgehead atoms. The number of ether oxygens (including phenoxy) is 1. The second-order valence-electron chi connectivity index (χ2n) is 4.99. The van der Waals surface area contributed by atoms with Crippen molar-refractivity contribution in [1.29, 1.82) is 0 Å². The monoisotopic (exact) mass is 232 g/mol. The summed E-state index contributed by atoms with van der Waals surface area (Å²) >= 11 is 0. The summed E-state index contributed by atoms with van der Waals surface area (Å²) in [6, 6.07) is 11.9. The SMILES string of the molecule is c1ccc(C2CC2NCC2COCCN2)cc1. The van der Waals surface area contributed by atoms with Crippen LogP contribution in [0.15, 0.2) is 30.3 Å². The maximum absolute atomic E-state index is 5.44. The van der Waals surface area contributed by atoms with Crippen molar-refractivity contribution in [3.63, 3.8) is 0 Å². The number of hydrogen-bond donors (Lipinski definition) is 2. The Labute approximate surface area is 103 Å². The topological polar surface area (TPSA) is 33.3 Å². The molecule has 1 aliphatic carbocycles. The summed E-state index contributed by atoms with van der Waals surface area (Å²) in [5.41, 5.74) is 1.47. The third-order valence-corrected chi connectivity index (χ3v) is 3.64. The van der Waals surface area contributed by atoms with Gasteiger partial charge < -0.3 is 15.4 Å². The second kappa shape index (κ2) is 5.17. The highest BCUT2D eigenvalue weighted by molar-refractivity contribution is 5.27. The highest BCUT2D eigenvalue weighted by Crippen LogP contribution is 2.40. The minimum Gasteiger partial charge on any atom is -0.378 e. The quantitative estimate of drug-likeness (QED) is 0.816. The zero-order chi connectivity index (χ0) is 11.5. The molecule has 17 heavy (non-hydrogen) atoms. The van der Waals surface area contributed by atoms with Gasteiger partial charge in [-0.15, -0.1) is 0 Å². The van der Waals surface area contributed by atoms with E-state index in [9.17, 15) is 0 Å². The second-order valence-corrected chi connectivity index (χ2v) is 4.99. The van der Waals surface area contributed by atoms with Crippen molar-refractivity contribution < 1.29 is 4.74 Å². The Morgan fingerprint density at radius 1 is 1.29 bits per heavy atom. The molecule has 0 aromatic heterocycles. The van der Waals surface area contributed by atoms with Gasteiger partial charge in [0.1, 0.15) is 0 Å². The molecule has 2 fully saturated rings. The predicted octanol–water partition coefficient (Wildman–Crippen LogP) is 1.12. The number of benzene rings is 1. The Hall–Kier alpha value is -0.900. The fourth-order valence-electron chi connectivity index (χ4n) is 2.53. The summed E-state index contributed by atoms with van der Waals surface area (Å²) in [6.45, 7) is 3.70. The first-order valence-electron chi connectivity index (χ1n) is 6.53. The average molecular weight is 232 g/mol. The molecule has 3 nitrogen and oxygen atoms in total. The first-order chi connectivity index (χ1) is 8.43. The van der Waals surface area contributed by atoms with Crippen molar-refractivity contribution >= 4 is 0 Å². The maximum atomic E-state index is 5.44. The smallest absolute Gasteiger partial charge is 0.0632 e. The summed E-state index contributed by atoms with van der Waals surface area (Å²) < 4.78 is 5.44. The molecule has 1 aromatic carbocycles. The molecule has 3 heteroatoms. The Kier molecular flexibility index (Phi) is 3.41. The van der Waals surface area contributed by atoms with Crippen molar-refractivity contribution in [3.8, 4) is 0 Å². The van der Waals surface area contributed by atoms with Crippen LogP contribution in [0, 0.1) is 0 Å². The zero-order valence-corrected chi connectivity index (χ0v) is 10.1. The van der Waals surface area contributed by atoms with Gasteiger partial charge in [0, 0.05) is 31.1 Å². The Balaban J connectivity index is 1.43. The first-order valence-corrected chi connectivity index (χ1v) is 6.53. The molecule has 2 aliphatic rings. The van der Waals surface area contributed by atoms with E-state index >= 15 is 0 Å². The van der Waals surface area contributed by atoms with Gasteiger partial charge in [0.05, 0.1) is 13.2 Å². The van der Waals surface area contributed by atoms with Gasteiger partial charge >= 0.3 is 0 Å². The van der Waals surface area contributed by atoms with Gasteiger partial charge in [-0.2, -0.15) is 0 Å². The van der Waals surface area contributed by atoms with E-state index in [0.29, 0.717) is 12.1 Å². The van der Waals surface area contributed by atoms with Gasteiger partial charge in [-0.25, -0.2) is 0 Å². The molecule has 0 spiro atoms. The van der Waals surface area contributed by atoms with Crippen molar-refractivity contribution in [2.45, 2.75) is 24.4 Å². The number of hydrogen-bond acceptors (Lipinski definition) is 3. The summed E-state index contributed by atoms with van der Waals surface area (Å²) in [5.74, 6) is 0.723. The molecule has 3 unspecified atom stereocenters. The fraction of sp³-hybridized carbons (Fsp3) is 0.571. The molecular weight excluding hydrogens is 212 g/mol. The maximum Gasteiger partial charge on any atom is 0.0632 e. The van der Waals surface area contributed by atoms with Crippen LogP contribution in [-0.2, 0) is 4.74 Å². The molecular formula is C14H20N2O. The van der Waals surface area contributed by atoms with Gasteiger partial charge in [0.15, 0.2) is 0 Å². The lowest BCUT2D eigenvalue weighted by Crippen LogP contribution is -2.47. The minimum absolute atomic E-state index is 0.487. The summed E-state index contributed by atoms with van der Waals surface area (Å²) in [7, 11) is 0.